The first-order valence-electron chi connectivity index (χ1n) is 9.09. The molecule has 0 saturated carbocycles. The van der Waals surface area contributed by atoms with Crippen molar-refractivity contribution >= 4 is 34.2 Å². The summed E-state index contributed by atoms with van der Waals surface area (Å²) >= 11 is 6.17. The summed E-state index contributed by atoms with van der Waals surface area (Å²) in [6, 6.07) is 9.08. The number of carbonyl (C=O) groups excluding carboxylic acids is 1. The Morgan fingerprint density at radius 3 is 3.00 bits per heavy atom. The maximum atomic E-state index is 12.7. The monoisotopic (exact) mass is 383 g/mol. The summed E-state index contributed by atoms with van der Waals surface area (Å²) in [5, 5.41) is 3.28. The molecule has 3 aromatic rings. The van der Waals surface area contributed by atoms with Crippen LogP contribution in [0.25, 0.3) is 11.0 Å². The first kappa shape index (κ1) is 16.4. The molecule has 0 fully saturated rings. The number of carbonyl (C=O) groups is 1. The lowest BCUT2D eigenvalue weighted by molar-refractivity contribution is 0.102. The zero-order chi connectivity index (χ0) is 18.4. The van der Waals surface area contributed by atoms with Gasteiger partial charge in [-0.15, -0.1) is 0 Å². The van der Waals surface area contributed by atoms with E-state index in [4.69, 9.17) is 26.1 Å². The second-order valence-electron chi connectivity index (χ2n) is 6.84. The number of hydrogen-bond donors (Lipinski definition) is 1. The molecule has 2 aliphatic heterocycles. The molecule has 1 aromatic heterocycles. The van der Waals surface area contributed by atoms with Crippen LogP contribution in [0.15, 0.2) is 30.3 Å². The number of rotatable bonds is 2. The van der Waals surface area contributed by atoms with Crippen molar-refractivity contribution in [3.05, 3.63) is 46.7 Å². The van der Waals surface area contributed by atoms with Crippen molar-refractivity contribution in [1.82, 2.24) is 9.55 Å². The van der Waals surface area contributed by atoms with Crippen LogP contribution in [0.2, 0.25) is 5.02 Å². The van der Waals surface area contributed by atoms with Gasteiger partial charge in [-0.3, -0.25) is 4.79 Å². The molecule has 138 valence electrons. The molecule has 2 aliphatic rings. The summed E-state index contributed by atoms with van der Waals surface area (Å²) in [5.41, 5.74) is 3.16. The Balaban J connectivity index is 1.43. The number of hydrogen-bond acceptors (Lipinski definition) is 4. The summed E-state index contributed by atoms with van der Waals surface area (Å²) in [6.45, 7) is 1.12. The van der Waals surface area contributed by atoms with Gasteiger partial charge in [0.15, 0.2) is 11.5 Å². The predicted molar refractivity (Wildman–Crippen MR) is 103 cm³/mol. The number of benzene rings is 2. The van der Waals surface area contributed by atoms with Crippen molar-refractivity contribution in [3.8, 4) is 11.5 Å². The molecule has 0 atom stereocenters. The lowest BCUT2D eigenvalue weighted by atomic mass is 10.1. The lowest BCUT2D eigenvalue weighted by Crippen LogP contribution is -2.11. The van der Waals surface area contributed by atoms with Crippen LogP contribution in [0.1, 0.15) is 35.4 Å². The fraction of sp³-hybridized carbons (Fsp3) is 0.300. The number of imidazole rings is 1. The van der Waals surface area contributed by atoms with E-state index < -0.39 is 0 Å². The number of nitrogens with zero attached hydrogens (tertiary/aromatic N) is 2. The van der Waals surface area contributed by atoms with Gasteiger partial charge in [0.1, 0.15) is 5.82 Å². The number of fused-ring (bicyclic) bond motifs is 4. The minimum Gasteiger partial charge on any atom is -0.454 e. The molecule has 0 bridgehead atoms. The van der Waals surface area contributed by atoms with Gasteiger partial charge in [0.25, 0.3) is 5.91 Å². The third kappa shape index (κ3) is 2.90. The van der Waals surface area contributed by atoms with E-state index in [1.807, 2.05) is 18.2 Å². The molecule has 27 heavy (non-hydrogen) atoms. The van der Waals surface area contributed by atoms with Crippen molar-refractivity contribution in [2.75, 3.05) is 12.1 Å². The minimum absolute atomic E-state index is 0.113. The summed E-state index contributed by atoms with van der Waals surface area (Å²) in [4.78, 5) is 17.4. The molecule has 1 N–H and O–H groups in total. The quantitative estimate of drug-likeness (QED) is 0.712. The van der Waals surface area contributed by atoms with Crippen LogP contribution < -0.4 is 14.8 Å². The lowest BCUT2D eigenvalue weighted by Gasteiger charge is -2.08. The largest absolute Gasteiger partial charge is 0.454 e. The Bertz CT molecular complexity index is 1060. The molecule has 7 heteroatoms. The van der Waals surface area contributed by atoms with Crippen molar-refractivity contribution < 1.29 is 14.3 Å². The normalized spacial score (nSPS) is 15.4. The van der Waals surface area contributed by atoms with E-state index in [9.17, 15) is 4.79 Å². The fourth-order valence-electron chi connectivity index (χ4n) is 3.73. The van der Waals surface area contributed by atoms with E-state index >= 15 is 0 Å². The Kier molecular flexibility index (Phi) is 3.93. The molecular formula is C20H18ClN3O3. The molecular weight excluding hydrogens is 366 g/mol. The first-order chi connectivity index (χ1) is 13.2. The number of aryl methyl sites for hydroxylation is 2. The van der Waals surface area contributed by atoms with Gasteiger partial charge in [-0.25, -0.2) is 4.98 Å². The topological polar surface area (TPSA) is 65.4 Å². The molecule has 3 heterocycles. The summed E-state index contributed by atoms with van der Waals surface area (Å²) in [7, 11) is 0. The van der Waals surface area contributed by atoms with Crippen LogP contribution in [0.5, 0.6) is 11.5 Å². The van der Waals surface area contributed by atoms with Crippen molar-refractivity contribution in [2.24, 2.45) is 0 Å². The number of amides is 1. The van der Waals surface area contributed by atoms with Gasteiger partial charge in [-0.2, -0.15) is 0 Å². The Labute approximate surface area is 161 Å². The number of anilines is 1. The van der Waals surface area contributed by atoms with Crippen LogP contribution in [-0.2, 0) is 13.0 Å². The van der Waals surface area contributed by atoms with Gasteiger partial charge in [-0.1, -0.05) is 18.0 Å². The summed E-state index contributed by atoms with van der Waals surface area (Å²) in [5.74, 6) is 1.85. The third-order valence-electron chi connectivity index (χ3n) is 5.06. The van der Waals surface area contributed by atoms with E-state index in [1.54, 1.807) is 12.1 Å². The van der Waals surface area contributed by atoms with E-state index in [1.165, 1.54) is 19.3 Å². The minimum atomic E-state index is -0.254. The number of halogens is 1. The highest BCUT2D eigenvalue weighted by atomic mass is 35.5. The zero-order valence-corrected chi connectivity index (χ0v) is 15.4. The van der Waals surface area contributed by atoms with Gasteiger partial charge in [-0.05, 0) is 43.2 Å². The van der Waals surface area contributed by atoms with Crippen molar-refractivity contribution in [1.29, 1.82) is 0 Å². The summed E-state index contributed by atoms with van der Waals surface area (Å²) in [6.07, 6.45) is 4.61. The first-order valence-corrected chi connectivity index (χ1v) is 9.46. The second-order valence-corrected chi connectivity index (χ2v) is 7.25. The Hall–Kier alpha value is -2.73. The highest BCUT2D eigenvalue weighted by molar-refractivity contribution is 6.32. The van der Waals surface area contributed by atoms with E-state index in [0.717, 1.165) is 29.8 Å². The molecule has 5 rings (SSSR count). The SMILES string of the molecule is O=C(Nc1ccc2c(c1)nc1n2CCCCC1)c1cc(Cl)c2c(c1)OCO2. The van der Waals surface area contributed by atoms with Gasteiger partial charge in [0, 0.05) is 24.2 Å². The van der Waals surface area contributed by atoms with E-state index in [-0.39, 0.29) is 12.7 Å². The smallest absolute Gasteiger partial charge is 0.255 e. The summed E-state index contributed by atoms with van der Waals surface area (Å²) < 4.78 is 12.9. The second kappa shape index (κ2) is 6.46. The molecule has 0 spiro atoms. The van der Waals surface area contributed by atoms with Crippen LogP contribution in [-0.4, -0.2) is 22.3 Å². The van der Waals surface area contributed by atoms with E-state index in [0.29, 0.717) is 27.8 Å². The van der Waals surface area contributed by atoms with Gasteiger partial charge in [0.2, 0.25) is 6.79 Å². The van der Waals surface area contributed by atoms with E-state index in [2.05, 4.69) is 9.88 Å². The number of ether oxygens (including phenoxy) is 2. The standard InChI is InChI=1S/C20H18ClN3O3/c21-14-8-12(9-17-19(14)27-11-26-17)20(25)22-13-5-6-16-15(10-13)23-18-4-2-1-3-7-24(16)18/h5-6,8-10H,1-4,7,11H2,(H,22,25). The van der Waals surface area contributed by atoms with Gasteiger partial charge >= 0.3 is 0 Å². The molecule has 0 radical (unpaired) electrons. The maximum absolute atomic E-state index is 12.7. The Morgan fingerprint density at radius 1 is 1.15 bits per heavy atom. The molecule has 0 saturated heterocycles. The van der Waals surface area contributed by atoms with Crippen LogP contribution in [0.3, 0.4) is 0 Å². The number of nitrogens with one attached hydrogen (secondary N) is 1. The average molecular weight is 384 g/mol. The molecule has 6 nitrogen and oxygen atoms in total. The van der Waals surface area contributed by atoms with Crippen LogP contribution in [0.4, 0.5) is 5.69 Å². The van der Waals surface area contributed by atoms with Crippen molar-refractivity contribution in [3.63, 3.8) is 0 Å². The predicted octanol–water partition coefficient (Wildman–Crippen LogP) is 4.40. The molecule has 2 aromatic carbocycles. The highest BCUT2D eigenvalue weighted by Gasteiger charge is 2.21. The number of aromatic nitrogens is 2. The molecule has 0 aliphatic carbocycles. The fourth-order valence-corrected chi connectivity index (χ4v) is 3.99. The third-order valence-corrected chi connectivity index (χ3v) is 5.34. The maximum Gasteiger partial charge on any atom is 0.255 e. The Morgan fingerprint density at radius 2 is 2.07 bits per heavy atom. The highest BCUT2D eigenvalue weighted by Crippen LogP contribution is 2.40. The van der Waals surface area contributed by atoms with Crippen molar-refractivity contribution in [2.45, 2.75) is 32.2 Å². The van der Waals surface area contributed by atoms with Crippen LogP contribution in [0, 0.1) is 0 Å². The van der Waals surface area contributed by atoms with Gasteiger partial charge < -0.3 is 19.4 Å². The average Bonchev–Trinajstić information content (AvgIpc) is 3.19. The van der Waals surface area contributed by atoms with Gasteiger partial charge in [0.05, 0.1) is 16.1 Å². The van der Waals surface area contributed by atoms with Crippen LogP contribution >= 0.6 is 11.6 Å². The zero-order valence-electron chi connectivity index (χ0n) is 14.6. The molecule has 0 unspecified atom stereocenters. The molecule has 1 amide bonds.